The average Bonchev–Trinajstić information content (AvgIpc) is 2.45. The van der Waals surface area contributed by atoms with Crippen molar-refractivity contribution in [3.05, 3.63) is 45.7 Å². The van der Waals surface area contributed by atoms with Gasteiger partial charge in [-0.2, -0.15) is 10.5 Å². The molecule has 1 aromatic carbocycles. The van der Waals surface area contributed by atoms with Gasteiger partial charge in [0.05, 0.1) is 0 Å². The van der Waals surface area contributed by atoms with Crippen LogP contribution in [0.3, 0.4) is 0 Å². The van der Waals surface area contributed by atoms with E-state index in [9.17, 15) is 23.2 Å². The van der Waals surface area contributed by atoms with Crippen molar-refractivity contribution in [2.75, 3.05) is 5.73 Å². The smallest absolute Gasteiger partial charge is 0.405 e. The van der Waals surface area contributed by atoms with Crippen LogP contribution in [0, 0.1) is 22.7 Å². The van der Waals surface area contributed by atoms with Gasteiger partial charge in [0.1, 0.15) is 34.8 Å². The third-order valence-corrected chi connectivity index (χ3v) is 2.85. The minimum atomic E-state index is -4.98. The number of aromatic nitrogens is 1. The zero-order valence-electron chi connectivity index (χ0n) is 11.2. The van der Waals surface area contributed by atoms with Crippen LogP contribution in [0.25, 0.3) is 11.1 Å². The van der Waals surface area contributed by atoms with Crippen LogP contribution in [0.1, 0.15) is 11.1 Å². The summed E-state index contributed by atoms with van der Waals surface area (Å²) in [5.41, 5.74) is 3.20. The number of nitrogens with two attached hydrogens (primary N) is 1. The van der Waals surface area contributed by atoms with E-state index in [1.54, 1.807) is 12.1 Å². The van der Waals surface area contributed by atoms with Gasteiger partial charge in [-0.3, -0.25) is 4.79 Å². The van der Waals surface area contributed by atoms with E-state index in [-0.39, 0.29) is 22.5 Å². The lowest BCUT2D eigenvalue weighted by atomic mass is 9.96. The Hall–Kier alpha value is -3.46. The molecule has 1 heterocycles. The predicted molar refractivity (Wildman–Crippen MR) is 73.0 cm³/mol. The van der Waals surface area contributed by atoms with Gasteiger partial charge in [-0.1, -0.05) is 18.2 Å². The SMILES string of the molecule is N#Cc1c(N)[nH]c(=O)c(C#N)c1-c1ccccc1OC(F)(F)F. The number of aromatic amines is 1. The number of para-hydroxylation sites is 1. The van der Waals surface area contributed by atoms with Crippen molar-refractivity contribution < 1.29 is 17.9 Å². The Balaban J connectivity index is 2.86. The second kappa shape index (κ2) is 5.73. The van der Waals surface area contributed by atoms with Gasteiger partial charge in [0.15, 0.2) is 0 Å². The van der Waals surface area contributed by atoms with Crippen LogP contribution in [0.2, 0.25) is 0 Å². The van der Waals surface area contributed by atoms with Gasteiger partial charge in [-0.15, -0.1) is 13.2 Å². The number of nitrogens with one attached hydrogen (secondary N) is 1. The summed E-state index contributed by atoms with van der Waals surface area (Å²) in [5.74, 6) is -1.01. The highest BCUT2D eigenvalue weighted by atomic mass is 19.4. The molecule has 6 nitrogen and oxygen atoms in total. The van der Waals surface area contributed by atoms with Gasteiger partial charge in [0.2, 0.25) is 0 Å². The van der Waals surface area contributed by atoms with Crippen LogP contribution >= 0.6 is 0 Å². The Morgan fingerprint density at radius 2 is 1.74 bits per heavy atom. The molecular weight excluding hydrogens is 313 g/mol. The molecule has 0 saturated heterocycles. The molecule has 0 bridgehead atoms. The first kappa shape index (κ1) is 15.9. The Morgan fingerprint density at radius 1 is 1.13 bits per heavy atom. The van der Waals surface area contributed by atoms with E-state index >= 15 is 0 Å². The highest BCUT2D eigenvalue weighted by Gasteiger charge is 2.33. The Morgan fingerprint density at radius 3 is 2.30 bits per heavy atom. The molecule has 0 unspecified atom stereocenters. The predicted octanol–water partition coefficient (Wildman–Crippen LogP) is 2.27. The maximum atomic E-state index is 12.5. The highest BCUT2D eigenvalue weighted by Crippen LogP contribution is 2.37. The average molecular weight is 320 g/mol. The first-order valence-corrected chi connectivity index (χ1v) is 5.99. The number of pyridine rings is 1. The molecular formula is C14H7F3N4O2. The minimum absolute atomic E-state index is 0.240. The van der Waals surface area contributed by atoms with E-state index in [1.165, 1.54) is 18.2 Å². The number of rotatable bonds is 2. The summed E-state index contributed by atoms with van der Waals surface area (Å²) in [6.45, 7) is 0. The summed E-state index contributed by atoms with van der Waals surface area (Å²) in [6, 6.07) is 8.08. The molecule has 116 valence electrons. The van der Waals surface area contributed by atoms with Crippen LogP contribution < -0.4 is 16.0 Å². The fourth-order valence-electron chi connectivity index (χ4n) is 2.00. The van der Waals surface area contributed by atoms with E-state index in [0.717, 1.165) is 6.07 Å². The molecule has 3 N–H and O–H groups in total. The number of hydrogen-bond acceptors (Lipinski definition) is 5. The van der Waals surface area contributed by atoms with Crippen molar-refractivity contribution in [1.82, 2.24) is 4.98 Å². The summed E-state index contributed by atoms with van der Waals surface area (Å²) in [4.78, 5) is 13.9. The number of anilines is 1. The van der Waals surface area contributed by atoms with Crippen LogP contribution in [-0.4, -0.2) is 11.3 Å². The third-order valence-electron chi connectivity index (χ3n) is 2.85. The van der Waals surface area contributed by atoms with E-state index < -0.39 is 23.2 Å². The van der Waals surface area contributed by atoms with Crippen LogP contribution in [0.15, 0.2) is 29.1 Å². The van der Waals surface area contributed by atoms with Crippen molar-refractivity contribution in [3.8, 4) is 29.0 Å². The largest absolute Gasteiger partial charge is 0.573 e. The number of alkyl halides is 3. The van der Waals surface area contributed by atoms with Gasteiger partial charge in [-0.05, 0) is 6.07 Å². The maximum Gasteiger partial charge on any atom is 0.573 e. The lowest BCUT2D eigenvalue weighted by Gasteiger charge is -2.15. The standard InChI is InChI=1S/C14H7F3N4O2/c15-14(16,17)23-10-4-2-1-3-7(10)11-8(5-18)12(20)21-13(22)9(11)6-19/h1-4H,(H3,20,21,22). The molecule has 0 radical (unpaired) electrons. The summed E-state index contributed by atoms with van der Waals surface area (Å²) in [5, 5.41) is 18.3. The molecule has 0 aliphatic carbocycles. The number of halogens is 3. The fourth-order valence-corrected chi connectivity index (χ4v) is 2.00. The Kier molecular flexibility index (Phi) is 3.97. The topological polar surface area (TPSA) is 116 Å². The maximum absolute atomic E-state index is 12.5. The quantitative estimate of drug-likeness (QED) is 0.880. The van der Waals surface area contributed by atoms with Crippen molar-refractivity contribution in [2.45, 2.75) is 6.36 Å². The number of nitriles is 2. The normalized spacial score (nSPS) is 10.7. The molecule has 0 aliphatic rings. The molecule has 0 saturated carbocycles. The zero-order valence-corrected chi connectivity index (χ0v) is 11.2. The van der Waals surface area contributed by atoms with Crippen molar-refractivity contribution in [1.29, 1.82) is 10.5 Å². The van der Waals surface area contributed by atoms with Crippen LogP contribution in [0.5, 0.6) is 5.75 Å². The molecule has 2 aromatic rings. The highest BCUT2D eigenvalue weighted by molar-refractivity contribution is 5.83. The van der Waals surface area contributed by atoms with E-state index in [1.807, 2.05) is 0 Å². The molecule has 0 aliphatic heterocycles. The van der Waals surface area contributed by atoms with E-state index in [4.69, 9.17) is 11.0 Å². The van der Waals surface area contributed by atoms with Crippen LogP contribution in [0.4, 0.5) is 19.0 Å². The molecule has 0 atom stereocenters. The Labute approximate surface area is 127 Å². The first-order chi connectivity index (χ1) is 10.8. The van der Waals surface area contributed by atoms with Gasteiger partial charge >= 0.3 is 6.36 Å². The number of nitrogens with zero attached hydrogens (tertiary/aromatic N) is 2. The van der Waals surface area contributed by atoms with Crippen molar-refractivity contribution in [3.63, 3.8) is 0 Å². The van der Waals surface area contributed by atoms with E-state index in [2.05, 4.69) is 9.72 Å². The molecule has 0 fully saturated rings. The Bertz CT molecular complexity index is 904. The van der Waals surface area contributed by atoms with Crippen molar-refractivity contribution >= 4 is 5.82 Å². The minimum Gasteiger partial charge on any atom is -0.405 e. The van der Waals surface area contributed by atoms with Crippen LogP contribution in [-0.2, 0) is 0 Å². The van der Waals surface area contributed by atoms with Gasteiger partial charge in [-0.25, -0.2) is 0 Å². The monoisotopic (exact) mass is 320 g/mol. The lowest BCUT2D eigenvalue weighted by molar-refractivity contribution is -0.274. The molecule has 23 heavy (non-hydrogen) atoms. The summed E-state index contributed by atoms with van der Waals surface area (Å²) >= 11 is 0. The third kappa shape index (κ3) is 3.09. The summed E-state index contributed by atoms with van der Waals surface area (Å²) in [6.07, 6.45) is -4.98. The summed E-state index contributed by atoms with van der Waals surface area (Å²) in [7, 11) is 0. The second-order valence-electron chi connectivity index (χ2n) is 4.26. The zero-order chi connectivity index (χ0) is 17.2. The lowest BCUT2D eigenvalue weighted by Crippen LogP contribution is -2.19. The van der Waals surface area contributed by atoms with Crippen molar-refractivity contribution in [2.24, 2.45) is 0 Å². The van der Waals surface area contributed by atoms with Gasteiger partial charge in [0, 0.05) is 11.1 Å². The molecule has 2 rings (SSSR count). The second-order valence-corrected chi connectivity index (χ2v) is 4.26. The van der Waals surface area contributed by atoms with Gasteiger partial charge in [0.25, 0.3) is 5.56 Å². The molecule has 9 heteroatoms. The first-order valence-electron chi connectivity index (χ1n) is 5.99. The molecule has 1 aromatic heterocycles. The van der Waals surface area contributed by atoms with Gasteiger partial charge < -0.3 is 15.5 Å². The number of nitrogen functional groups attached to an aromatic ring is 1. The number of ether oxygens (including phenoxy) is 1. The summed E-state index contributed by atoms with van der Waals surface area (Å²) < 4.78 is 41.4. The number of benzene rings is 1. The molecule has 0 spiro atoms. The fraction of sp³-hybridized carbons (Fsp3) is 0.0714. The number of H-pyrrole nitrogens is 1. The number of hydrogen-bond donors (Lipinski definition) is 2. The molecule has 0 amide bonds. The van der Waals surface area contributed by atoms with E-state index in [0.29, 0.717) is 0 Å².